The number of benzene rings is 2. The van der Waals surface area contributed by atoms with Crippen molar-refractivity contribution in [3.63, 3.8) is 0 Å². The molecule has 1 unspecified atom stereocenters. The number of nitrogens with one attached hydrogen (secondary N) is 1. The Kier molecular flexibility index (Phi) is 5.45. The maximum Gasteiger partial charge on any atom is 0.265 e. The Labute approximate surface area is 165 Å². The Bertz CT molecular complexity index is 952. The molecule has 1 amide bonds. The van der Waals surface area contributed by atoms with Crippen molar-refractivity contribution < 1.29 is 17.9 Å². The normalized spacial score (nSPS) is 17.0. The lowest BCUT2D eigenvalue weighted by Gasteiger charge is -2.21. The molecule has 2 aromatic carbocycles. The van der Waals surface area contributed by atoms with Gasteiger partial charge in [0.25, 0.3) is 5.91 Å². The van der Waals surface area contributed by atoms with Gasteiger partial charge in [-0.15, -0.1) is 0 Å². The lowest BCUT2D eigenvalue weighted by atomic mass is 10.2. The number of hydrogen-bond donors (Lipinski definition) is 1. The Morgan fingerprint density at radius 2 is 2.04 bits per heavy atom. The van der Waals surface area contributed by atoms with Gasteiger partial charge in [0.05, 0.1) is 17.6 Å². The third-order valence-corrected chi connectivity index (χ3v) is 5.98. The highest BCUT2D eigenvalue weighted by Gasteiger charge is 2.31. The zero-order valence-electron chi connectivity index (χ0n) is 13.8. The SMILES string of the molecule is CS(=O)(=O)N1CCC(C(=O)Nc2ccccc2Br)Oc2ccc(Cl)cc21. The van der Waals surface area contributed by atoms with E-state index in [-0.39, 0.29) is 18.9 Å². The molecule has 1 aliphatic heterocycles. The van der Waals surface area contributed by atoms with Gasteiger partial charge in [-0.3, -0.25) is 9.10 Å². The van der Waals surface area contributed by atoms with E-state index in [1.54, 1.807) is 24.3 Å². The Hall–Kier alpha value is -1.77. The molecule has 0 saturated heterocycles. The molecule has 1 N–H and O–H groups in total. The lowest BCUT2D eigenvalue weighted by molar-refractivity contribution is -0.122. The van der Waals surface area contributed by atoms with Crippen molar-refractivity contribution in [3.05, 3.63) is 52.0 Å². The predicted molar refractivity (Wildman–Crippen MR) is 105 cm³/mol. The second-order valence-corrected chi connectivity index (χ2v) is 9.01. The fraction of sp³-hybridized carbons (Fsp3) is 0.235. The molecule has 0 fully saturated rings. The van der Waals surface area contributed by atoms with Crippen molar-refractivity contribution in [2.24, 2.45) is 0 Å². The van der Waals surface area contributed by atoms with Crippen molar-refractivity contribution in [2.45, 2.75) is 12.5 Å². The molecule has 2 aromatic rings. The topological polar surface area (TPSA) is 75.7 Å². The first-order valence-electron chi connectivity index (χ1n) is 7.75. The number of carbonyl (C=O) groups is 1. The number of para-hydroxylation sites is 1. The van der Waals surface area contributed by atoms with E-state index < -0.39 is 16.1 Å². The van der Waals surface area contributed by atoms with Crippen LogP contribution in [0, 0.1) is 0 Å². The highest BCUT2D eigenvalue weighted by molar-refractivity contribution is 9.10. The van der Waals surface area contributed by atoms with Crippen molar-refractivity contribution in [1.82, 2.24) is 0 Å². The van der Waals surface area contributed by atoms with Crippen LogP contribution in [0.3, 0.4) is 0 Å². The second-order valence-electron chi connectivity index (χ2n) is 5.81. The monoisotopic (exact) mass is 458 g/mol. The highest BCUT2D eigenvalue weighted by Crippen LogP contribution is 2.36. The quantitative estimate of drug-likeness (QED) is 0.760. The summed E-state index contributed by atoms with van der Waals surface area (Å²) in [6, 6.07) is 11.9. The number of nitrogens with zero attached hydrogens (tertiary/aromatic N) is 1. The Morgan fingerprint density at radius 3 is 2.73 bits per heavy atom. The van der Waals surface area contributed by atoms with Gasteiger partial charge >= 0.3 is 0 Å². The van der Waals surface area contributed by atoms with Crippen molar-refractivity contribution >= 4 is 54.8 Å². The Morgan fingerprint density at radius 1 is 1.31 bits per heavy atom. The summed E-state index contributed by atoms with van der Waals surface area (Å²) in [6.07, 6.45) is 0.475. The molecule has 0 aromatic heterocycles. The van der Waals surface area contributed by atoms with Gasteiger partial charge < -0.3 is 10.1 Å². The first-order chi connectivity index (χ1) is 12.3. The summed E-state index contributed by atoms with van der Waals surface area (Å²) in [5.41, 5.74) is 0.942. The minimum Gasteiger partial charge on any atom is -0.478 e. The van der Waals surface area contributed by atoms with E-state index in [4.69, 9.17) is 16.3 Å². The van der Waals surface area contributed by atoms with Crippen LogP contribution in [0.4, 0.5) is 11.4 Å². The maximum absolute atomic E-state index is 12.7. The molecule has 138 valence electrons. The van der Waals surface area contributed by atoms with Gasteiger partial charge in [0.2, 0.25) is 10.0 Å². The van der Waals surface area contributed by atoms with Crippen LogP contribution >= 0.6 is 27.5 Å². The number of halogens is 2. The van der Waals surface area contributed by atoms with E-state index in [1.165, 1.54) is 10.4 Å². The van der Waals surface area contributed by atoms with Crippen LogP contribution in [0.5, 0.6) is 5.75 Å². The average Bonchev–Trinajstić information content (AvgIpc) is 2.76. The van der Waals surface area contributed by atoms with Crippen molar-refractivity contribution in [1.29, 1.82) is 0 Å². The lowest BCUT2D eigenvalue weighted by Crippen LogP contribution is -2.36. The molecule has 0 bridgehead atoms. The standard InChI is InChI=1S/C17H16BrClN2O4S/c1-26(23,24)21-9-8-16(25-15-7-6-11(19)10-14(15)21)17(22)20-13-5-3-2-4-12(13)18/h2-7,10,16H,8-9H2,1H3,(H,20,22). The van der Waals surface area contributed by atoms with Gasteiger partial charge in [0, 0.05) is 22.5 Å². The molecule has 1 heterocycles. The number of amides is 1. The molecule has 26 heavy (non-hydrogen) atoms. The summed E-state index contributed by atoms with van der Waals surface area (Å²) >= 11 is 9.38. The van der Waals surface area contributed by atoms with Gasteiger partial charge in [-0.25, -0.2) is 8.42 Å². The van der Waals surface area contributed by atoms with E-state index >= 15 is 0 Å². The number of fused-ring (bicyclic) bond motifs is 1. The predicted octanol–water partition coefficient (Wildman–Crippen LogP) is 3.66. The number of anilines is 2. The van der Waals surface area contributed by atoms with E-state index in [1.807, 2.05) is 12.1 Å². The van der Waals surface area contributed by atoms with Crippen LogP contribution in [0.1, 0.15) is 6.42 Å². The van der Waals surface area contributed by atoms with Gasteiger partial charge in [-0.2, -0.15) is 0 Å². The molecular weight excluding hydrogens is 444 g/mol. The summed E-state index contributed by atoms with van der Waals surface area (Å²) < 4.78 is 32.1. The van der Waals surface area contributed by atoms with Crippen LogP contribution in [-0.2, 0) is 14.8 Å². The molecule has 1 aliphatic rings. The fourth-order valence-corrected chi connectivity index (χ4v) is 4.14. The third-order valence-electron chi connectivity index (χ3n) is 3.88. The molecule has 0 saturated carbocycles. The van der Waals surface area contributed by atoms with Crippen LogP contribution in [0.15, 0.2) is 46.9 Å². The van der Waals surface area contributed by atoms with Crippen LogP contribution < -0.4 is 14.4 Å². The first kappa shape index (κ1) is 19.0. The number of sulfonamides is 1. The van der Waals surface area contributed by atoms with E-state index in [2.05, 4.69) is 21.2 Å². The first-order valence-corrected chi connectivity index (χ1v) is 10.8. The van der Waals surface area contributed by atoms with Crippen LogP contribution in [0.2, 0.25) is 5.02 Å². The average molecular weight is 460 g/mol. The smallest absolute Gasteiger partial charge is 0.265 e. The van der Waals surface area contributed by atoms with Gasteiger partial charge in [-0.1, -0.05) is 23.7 Å². The largest absolute Gasteiger partial charge is 0.478 e. The van der Waals surface area contributed by atoms with E-state index in [0.29, 0.717) is 22.1 Å². The summed E-state index contributed by atoms with van der Waals surface area (Å²) in [4.78, 5) is 12.7. The zero-order valence-corrected chi connectivity index (χ0v) is 16.9. The van der Waals surface area contributed by atoms with Gasteiger partial charge in [-0.05, 0) is 46.3 Å². The second kappa shape index (κ2) is 7.46. The maximum atomic E-state index is 12.7. The number of rotatable bonds is 3. The minimum atomic E-state index is -3.54. The van der Waals surface area contributed by atoms with E-state index in [0.717, 1.165) is 10.7 Å². The molecule has 6 nitrogen and oxygen atoms in total. The van der Waals surface area contributed by atoms with Gasteiger partial charge in [0.1, 0.15) is 5.75 Å². The summed E-state index contributed by atoms with van der Waals surface area (Å²) in [6.45, 7) is 0.111. The zero-order chi connectivity index (χ0) is 18.9. The molecule has 1 atom stereocenters. The summed E-state index contributed by atoms with van der Waals surface area (Å²) in [5.74, 6) is -0.0576. The number of hydrogen-bond acceptors (Lipinski definition) is 4. The van der Waals surface area contributed by atoms with Crippen molar-refractivity contribution in [2.75, 3.05) is 22.4 Å². The van der Waals surface area contributed by atoms with Gasteiger partial charge in [0.15, 0.2) is 6.10 Å². The molecular formula is C17H16BrClN2O4S. The summed E-state index contributed by atoms with van der Waals surface area (Å²) in [5, 5.41) is 3.18. The highest BCUT2D eigenvalue weighted by atomic mass is 79.9. The van der Waals surface area contributed by atoms with E-state index in [9.17, 15) is 13.2 Å². The molecule has 3 rings (SSSR count). The summed E-state index contributed by atoms with van der Waals surface area (Å²) in [7, 11) is -3.54. The number of ether oxygens (including phenoxy) is 1. The minimum absolute atomic E-state index is 0.111. The Balaban J connectivity index is 1.89. The van der Waals surface area contributed by atoms with Crippen molar-refractivity contribution in [3.8, 4) is 5.75 Å². The molecule has 0 spiro atoms. The molecule has 9 heteroatoms. The number of carbonyl (C=O) groups excluding carboxylic acids is 1. The van der Waals surface area contributed by atoms with Crippen LogP contribution in [-0.4, -0.2) is 33.2 Å². The molecule has 0 aliphatic carbocycles. The fourth-order valence-electron chi connectivity index (χ4n) is 2.66. The van der Waals surface area contributed by atoms with Crippen LogP contribution in [0.25, 0.3) is 0 Å². The third kappa shape index (κ3) is 4.13. The molecule has 0 radical (unpaired) electrons.